The summed E-state index contributed by atoms with van der Waals surface area (Å²) in [6.45, 7) is 1.76. The number of fused-ring (bicyclic) bond motifs is 1. The van der Waals surface area contributed by atoms with Gasteiger partial charge in [0.25, 0.3) is 5.91 Å². The van der Waals surface area contributed by atoms with Crippen LogP contribution in [0.15, 0.2) is 65.0 Å². The number of nitrogens with one attached hydrogen (secondary N) is 1. The van der Waals surface area contributed by atoms with Crippen LogP contribution in [0.2, 0.25) is 0 Å². The third kappa shape index (κ3) is 3.70. The third-order valence-electron chi connectivity index (χ3n) is 5.28. The zero-order valence-corrected chi connectivity index (χ0v) is 18.0. The van der Waals surface area contributed by atoms with Gasteiger partial charge in [-0.1, -0.05) is 36.0 Å². The molecule has 1 aromatic heterocycles. The van der Waals surface area contributed by atoms with Gasteiger partial charge in [-0.05, 0) is 35.9 Å². The molecule has 156 valence electrons. The quantitative estimate of drug-likeness (QED) is 0.660. The molecule has 31 heavy (non-hydrogen) atoms. The third-order valence-corrected chi connectivity index (χ3v) is 6.19. The van der Waals surface area contributed by atoms with Gasteiger partial charge in [0.05, 0.1) is 25.0 Å². The van der Waals surface area contributed by atoms with Crippen LogP contribution in [0.4, 0.5) is 5.69 Å². The molecule has 0 bridgehead atoms. The molecule has 0 unspecified atom stereocenters. The largest absolute Gasteiger partial charge is 0.497 e. The summed E-state index contributed by atoms with van der Waals surface area (Å²) >= 11 is 1.66. The number of aryl methyl sites for hydroxylation is 1. The Labute approximate surface area is 184 Å². The second-order valence-corrected chi connectivity index (χ2v) is 8.08. The van der Waals surface area contributed by atoms with Crippen LogP contribution in [-0.4, -0.2) is 46.0 Å². The maximum absolute atomic E-state index is 12.9. The lowest BCUT2D eigenvalue weighted by Gasteiger charge is -2.16. The predicted octanol–water partition coefficient (Wildman–Crippen LogP) is 4.06. The van der Waals surface area contributed by atoms with Gasteiger partial charge >= 0.3 is 0 Å². The number of amidine groups is 1. The molecule has 0 radical (unpaired) electrons. The number of carbonyl (C=O) groups excluding carboxylic acids is 1. The minimum atomic E-state index is -0.207. The number of nitrogens with zero attached hydrogens (tertiary/aromatic N) is 4. The smallest absolute Gasteiger partial charge is 0.273 e. The maximum Gasteiger partial charge on any atom is 0.273 e. The summed E-state index contributed by atoms with van der Waals surface area (Å²) in [6.07, 6.45) is 0. The molecule has 2 aliphatic rings. The van der Waals surface area contributed by atoms with Gasteiger partial charge < -0.3 is 15.0 Å². The predicted molar refractivity (Wildman–Crippen MR) is 124 cm³/mol. The molecule has 0 saturated carbocycles. The number of hydrogen-bond acceptors (Lipinski definition) is 6. The van der Waals surface area contributed by atoms with E-state index in [0.717, 1.165) is 52.2 Å². The van der Waals surface area contributed by atoms with Crippen LogP contribution < -0.4 is 10.1 Å². The van der Waals surface area contributed by atoms with Gasteiger partial charge in [-0.15, -0.1) is 0 Å². The van der Waals surface area contributed by atoms with E-state index in [-0.39, 0.29) is 5.91 Å². The minimum Gasteiger partial charge on any atom is -0.497 e. The summed E-state index contributed by atoms with van der Waals surface area (Å²) in [5, 5.41) is 10.6. The molecular weight excluding hydrogens is 410 g/mol. The first kappa shape index (κ1) is 19.4. The lowest BCUT2D eigenvalue weighted by molar-refractivity contribution is 0.101. The van der Waals surface area contributed by atoms with Crippen LogP contribution >= 0.6 is 11.8 Å². The molecule has 8 heteroatoms. The van der Waals surface area contributed by atoms with Crippen molar-refractivity contribution in [3.63, 3.8) is 0 Å². The van der Waals surface area contributed by atoms with Gasteiger partial charge in [0.1, 0.15) is 11.4 Å². The zero-order chi connectivity index (χ0) is 21.4. The summed E-state index contributed by atoms with van der Waals surface area (Å²) < 4.78 is 6.87. The zero-order valence-electron chi connectivity index (χ0n) is 17.2. The summed E-state index contributed by atoms with van der Waals surface area (Å²) in [5.74, 6) is 0.541. The van der Waals surface area contributed by atoms with E-state index in [1.807, 2.05) is 48.5 Å². The summed E-state index contributed by atoms with van der Waals surface area (Å²) in [6, 6.07) is 17.3. The van der Waals surface area contributed by atoms with Gasteiger partial charge in [0.15, 0.2) is 5.17 Å². The number of hydrogen-bond donors (Lipinski definition) is 1. The van der Waals surface area contributed by atoms with Crippen molar-refractivity contribution in [3.05, 3.63) is 71.3 Å². The standard InChI is InChI=1S/C23H21N5O2S/c1-27-20(13-19(26-27)16-4-3-5-18(12-16)30-2)22(29)25-17-8-6-15(7-9-17)21-14-31-23-24-10-11-28(21)23/h3-9,12-14H,10-11H2,1-2H3,(H,25,29). The fourth-order valence-corrected chi connectivity index (χ4v) is 4.63. The fraction of sp³-hybridized carbons (Fsp3) is 0.174. The molecule has 3 heterocycles. The number of anilines is 1. The normalized spacial score (nSPS) is 14.8. The highest BCUT2D eigenvalue weighted by atomic mass is 32.2. The number of benzene rings is 2. The maximum atomic E-state index is 12.9. The Hall–Kier alpha value is -3.52. The highest BCUT2D eigenvalue weighted by Crippen LogP contribution is 2.35. The van der Waals surface area contributed by atoms with E-state index in [1.165, 1.54) is 0 Å². The van der Waals surface area contributed by atoms with Crippen molar-refractivity contribution in [3.8, 4) is 17.0 Å². The number of aliphatic imine (C=N–C) groups is 1. The van der Waals surface area contributed by atoms with Crippen molar-refractivity contribution in [2.75, 3.05) is 25.5 Å². The highest BCUT2D eigenvalue weighted by molar-refractivity contribution is 8.16. The van der Waals surface area contributed by atoms with Gasteiger partial charge in [-0.3, -0.25) is 14.5 Å². The molecule has 3 aromatic rings. The van der Waals surface area contributed by atoms with E-state index in [4.69, 9.17) is 4.74 Å². The molecule has 1 amide bonds. The Balaban J connectivity index is 1.31. The molecule has 0 aliphatic carbocycles. The van der Waals surface area contributed by atoms with Crippen molar-refractivity contribution in [1.29, 1.82) is 0 Å². The van der Waals surface area contributed by atoms with Gasteiger partial charge in [0, 0.05) is 30.3 Å². The Morgan fingerprint density at radius 2 is 1.97 bits per heavy atom. The van der Waals surface area contributed by atoms with Crippen LogP contribution in [-0.2, 0) is 7.05 Å². The Bertz CT molecular complexity index is 1210. The van der Waals surface area contributed by atoms with Crippen LogP contribution in [0.25, 0.3) is 17.0 Å². The van der Waals surface area contributed by atoms with E-state index in [1.54, 1.807) is 36.7 Å². The molecule has 2 aromatic carbocycles. The van der Waals surface area contributed by atoms with E-state index in [2.05, 4.69) is 25.7 Å². The second kappa shape index (κ2) is 7.96. The number of methoxy groups -OCH3 is 1. The van der Waals surface area contributed by atoms with Gasteiger partial charge in [0.2, 0.25) is 0 Å². The number of thioether (sulfide) groups is 1. The van der Waals surface area contributed by atoms with Crippen LogP contribution in [0.1, 0.15) is 16.1 Å². The molecule has 0 fully saturated rings. The average Bonchev–Trinajstić information content (AvgIpc) is 3.50. The average molecular weight is 432 g/mol. The Morgan fingerprint density at radius 3 is 2.77 bits per heavy atom. The first-order chi connectivity index (χ1) is 15.1. The second-order valence-electron chi connectivity index (χ2n) is 7.24. The molecular formula is C23H21N5O2S. The van der Waals surface area contributed by atoms with Crippen molar-refractivity contribution >= 4 is 34.2 Å². The molecule has 2 aliphatic heterocycles. The van der Waals surface area contributed by atoms with Crippen LogP contribution in [0, 0.1) is 0 Å². The van der Waals surface area contributed by atoms with Crippen molar-refractivity contribution in [2.45, 2.75) is 0 Å². The number of ether oxygens (including phenoxy) is 1. The molecule has 0 spiro atoms. The summed E-state index contributed by atoms with van der Waals surface area (Å²) in [4.78, 5) is 19.6. The van der Waals surface area contributed by atoms with E-state index in [0.29, 0.717) is 5.69 Å². The van der Waals surface area contributed by atoms with Crippen LogP contribution in [0.3, 0.4) is 0 Å². The van der Waals surface area contributed by atoms with Crippen LogP contribution in [0.5, 0.6) is 5.75 Å². The summed E-state index contributed by atoms with van der Waals surface area (Å²) in [5.41, 5.74) is 5.10. The number of amides is 1. The topological polar surface area (TPSA) is 71.8 Å². The van der Waals surface area contributed by atoms with Crippen molar-refractivity contribution < 1.29 is 9.53 Å². The molecule has 0 saturated heterocycles. The first-order valence-corrected chi connectivity index (χ1v) is 10.8. The fourth-order valence-electron chi connectivity index (χ4n) is 3.67. The van der Waals surface area contributed by atoms with Crippen molar-refractivity contribution in [1.82, 2.24) is 14.7 Å². The number of carbonyl (C=O) groups is 1. The molecule has 5 rings (SSSR count). The van der Waals surface area contributed by atoms with Crippen molar-refractivity contribution in [2.24, 2.45) is 12.0 Å². The van der Waals surface area contributed by atoms with Gasteiger partial charge in [-0.25, -0.2) is 0 Å². The monoisotopic (exact) mass is 431 g/mol. The first-order valence-electron chi connectivity index (χ1n) is 9.91. The number of aromatic nitrogens is 2. The SMILES string of the molecule is COc1cccc(-c2cc(C(=O)Nc3ccc(C4=CSC5=NCCN45)cc3)n(C)n2)c1. The van der Waals surface area contributed by atoms with E-state index >= 15 is 0 Å². The Kier molecular flexibility index (Phi) is 4.99. The number of rotatable bonds is 5. The van der Waals surface area contributed by atoms with E-state index < -0.39 is 0 Å². The lowest BCUT2D eigenvalue weighted by Crippen LogP contribution is -2.20. The Morgan fingerprint density at radius 1 is 1.13 bits per heavy atom. The minimum absolute atomic E-state index is 0.207. The molecule has 7 nitrogen and oxygen atoms in total. The lowest BCUT2D eigenvalue weighted by atomic mass is 10.1. The molecule has 1 N–H and O–H groups in total. The van der Waals surface area contributed by atoms with E-state index in [9.17, 15) is 4.79 Å². The molecule has 0 atom stereocenters. The van der Waals surface area contributed by atoms with Gasteiger partial charge in [-0.2, -0.15) is 5.10 Å². The summed E-state index contributed by atoms with van der Waals surface area (Å²) in [7, 11) is 3.39. The highest BCUT2D eigenvalue weighted by Gasteiger charge is 2.27.